The molecule has 0 aliphatic heterocycles. The zero-order valence-electron chi connectivity index (χ0n) is 10.8. The van der Waals surface area contributed by atoms with Gasteiger partial charge >= 0.3 is 0 Å². The molecular weight excluding hydrogens is 250 g/mol. The summed E-state index contributed by atoms with van der Waals surface area (Å²) < 4.78 is 28.0. The van der Waals surface area contributed by atoms with Crippen LogP contribution in [0.25, 0.3) is 0 Å². The van der Waals surface area contributed by atoms with Gasteiger partial charge in [0, 0.05) is 6.26 Å². The van der Waals surface area contributed by atoms with Crippen molar-refractivity contribution in [3.05, 3.63) is 24.3 Å². The van der Waals surface area contributed by atoms with Gasteiger partial charge in [0.25, 0.3) is 0 Å². The van der Waals surface area contributed by atoms with Crippen LogP contribution in [0.5, 0.6) is 5.75 Å². The first kappa shape index (κ1) is 15.0. The molecule has 1 rings (SSSR count). The van der Waals surface area contributed by atoms with Gasteiger partial charge in [-0.15, -0.1) is 0 Å². The summed E-state index contributed by atoms with van der Waals surface area (Å²) in [7, 11) is -3.12. The lowest BCUT2D eigenvalue weighted by atomic mass is 10.2. The van der Waals surface area contributed by atoms with Gasteiger partial charge in [-0.1, -0.05) is 12.8 Å². The maximum Gasteiger partial charge on any atom is 0.175 e. The molecule has 0 bridgehead atoms. The summed E-state index contributed by atoms with van der Waals surface area (Å²) in [6.45, 7) is 1.40. The molecule has 0 aliphatic rings. The van der Waals surface area contributed by atoms with Gasteiger partial charge in [0.1, 0.15) is 5.75 Å². The number of sulfone groups is 1. The monoisotopic (exact) mass is 271 g/mol. The van der Waals surface area contributed by atoms with Crippen molar-refractivity contribution in [1.82, 2.24) is 0 Å². The van der Waals surface area contributed by atoms with Crippen molar-refractivity contribution in [3.63, 3.8) is 0 Å². The fraction of sp³-hybridized carbons (Fsp3) is 0.538. The fourth-order valence-corrected chi connectivity index (χ4v) is 2.20. The Morgan fingerprint density at radius 1 is 1.06 bits per heavy atom. The molecule has 0 atom stereocenters. The molecule has 4 nitrogen and oxygen atoms in total. The second kappa shape index (κ2) is 7.38. The van der Waals surface area contributed by atoms with Crippen LogP contribution in [-0.2, 0) is 9.84 Å². The Hall–Kier alpha value is -1.07. The molecule has 0 radical (unpaired) electrons. The minimum atomic E-state index is -3.12. The number of nitrogens with two attached hydrogens (primary N) is 1. The molecule has 0 aromatic heterocycles. The minimum absolute atomic E-state index is 0.317. The van der Waals surface area contributed by atoms with Gasteiger partial charge < -0.3 is 10.5 Å². The molecule has 1 aromatic carbocycles. The van der Waals surface area contributed by atoms with E-state index in [-0.39, 0.29) is 0 Å². The maximum absolute atomic E-state index is 11.3. The van der Waals surface area contributed by atoms with Gasteiger partial charge in [-0.25, -0.2) is 8.42 Å². The Morgan fingerprint density at radius 3 is 2.22 bits per heavy atom. The summed E-state index contributed by atoms with van der Waals surface area (Å²) in [5, 5.41) is 0. The van der Waals surface area contributed by atoms with E-state index < -0.39 is 9.84 Å². The molecule has 102 valence electrons. The number of hydrogen-bond acceptors (Lipinski definition) is 4. The highest BCUT2D eigenvalue weighted by atomic mass is 32.2. The van der Waals surface area contributed by atoms with Crippen LogP contribution in [0.1, 0.15) is 25.7 Å². The van der Waals surface area contributed by atoms with Crippen molar-refractivity contribution in [2.24, 2.45) is 5.73 Å². The van der Waals surface area contributed by atoms with Gasteiger partial charge in [0.2, 0.25) is 0 Å². The van der Waals surface area contributed by atoms with E-state index in [1.54, 1.807) is 24.3 Å². The van der Waals surface area contributed by atoms with E-state index in [1.165, 1.54) is 6.26 Å². The highest BCUT2D eigenvalue weighted by Gasteiger charge is 2.06. The lowest BCUT2D eigenvalue weighted by Crippen LogP contribution is -2.01. The summed E-state index contributed by atoms with van der Waals surface area (Å²) in [5.74, 6) is 0.709. The zero-order valence-corrected chi connectivity index (χ0v) is 11.6. The van der Waals surface area contributed by atoms with E-state index in [2.05, 4.69) is 0 Å². The molecule has 0 aliphatic carbocycles. The van der Waals surface area contributed by atoms with E-state index in [1.807, 2.05) is 0 Å². The van der Waals surface area contributed by atoms with Crippen molar-refractivity contribution in [2.75, 3.05) is 19.4 Å². The Bertz CT molecular complexity index is 440. The van der Waals surface area contributed by atoms with Crippen molar-refractivity contribution in [3.8, 4) is 5.75 Å². The largest absolute Gasteiger partial charge is 0.494 e. The average Bonchev–Trinajstić information content (AvgIpc) is 2.33. The van der Waals surface area contributed by atoms with Crippen LogP contribution in [0.4, 0.5) is 0 Å². The van der Waals surface area contributed by atoms with Crippen molar-refractivity contribution in [1.29, 1.82) is 0 Å². The summed E-state index contributed by atoms with van der Waals surface area (Å²) in [6.07, 6.45) is 5.49. The van der Waals surface area contributed by atoms with Crippen molar-refractivity contribution < 1.29 is 13.2 Å². The Balaban J connectivity index is 2.32. The molecule has 18 heavy (non-hydrogen) atoms. The Morgan fingerprint density at radius 2 is 1.67 bits per heavy atom. The van der Waals surface area contributed by atoms with Crippen LogP contribution >= 0.6 is 0 Å². The number of benzene rings is 1. The first-order chi connectivity index (χ1) is 8.54. The predicted octanol–water partition coefficient (Wildman–Crippen LogP) is 1.99. The van der Waals surface area contributed by atoms with Crippen LogP contribution in [0.3, 0.4) is 0 Å². The third-order valence-corrected chi connectivity index (χ3v) is 3.75. The lowest BCUT2D eigenvalue weighted by Gasteiger charge is -2.06. The SMILES string of the molecule is CS(=O)(=O)c1ccc(OCCCCCCN)cc1. The molecule has 0 heterocycles. The molecule has 0 amide bonds. The predicted molar refractivity (Wildman–Crippen MR) is 72.6 cm³/mol. The molecule has 0 saturated heterocycles. The van der Waals surface area contributed by atoms with Gasteiger partial charge in [0.05, 0.1) is 11.5 Å². The first-order valence-electron chi connectivity index (χ1n) is 6.17. The van der Waals surface area contributed by atoms with Gasteiger partial charge in [-0.05, 0) is 43.7 Å². The number of unbranched alkanes of at least 4 members (excludes halogenated alkanes) is 3. The van der Waals surface area contributed by atoms with E-state index in [0.29, 0.717) is 17.3 Å². The van der Waals surface area contributed by atoms with E-state index in [9.17, 15) is 8.42 Å². The molecule has 2 N–H and O–H groups in total. The smallest absolute Gasteiger partial charge is 0.175 e. The van der Waals surface area contributed by atoms with Crippen LogP contribution in [-0.4, -0.2) is 27.8 Å². The standard InChI is InChI=1S/C13H21NO3S/c1-18(15,16)13-8-6-12(7-9-13)17-11-5-3-2-4-10-14/h6-9H,2-5,10-11,14H2,1H3. The Kier molecular flexibility index (Phi) is 6.15. The number of ether oxygens (including phenoxy) is 1. The first-order valence-corrected chi connectivity index (χ1v) is 8.06. The molecular formula is C13H21NO3S. The fourth-order valence-electron chi connectivity index (χ4n) is 1.57. The van der Waals surface area contributed by atoms with Crippen LogP contribution < -0.4 is 10.5 Å². The third-order valence-electron chi connectivity index (χ3n) is 2.62. The van der Waals surface area contributed by atoms with Crippen LogP contribution in [0.15, 0.2) is 29.2 Å². The lowest BCUT2D eigenvalue weighted by molar-refractivity contribution is 0.304. The second-order valence-electron chi connectivity index (χ2n) is 4.29. The summed E-state index contributed by atoms with van der Waals surface area (Å²) in [6, 6.07) is 6.52. The molecule has 0 fully saturated rings. The second-order valence-corrected chi connectivity index (χ2v) is 6.31. The minimum Gasteiger partial charge on any atom is -0.494 e. The van der Waals surface area contributed by atoms with E-state index in [0.717, 1.165) is 32.2 Å². The quantitative estimate of drug-likeness (QED) is 0.734. The number of hydrogen-bond donors (Lipinski definition) is 1. The van der Waals surface area contributed by atoms with Gasteiger partial charge in [-0.3, -0.25) is 0 Å². The molecule has 0 saturated carbocycles. The van der Waals surface area contributed by atoms with E-state index >= 15 is 0 Å². The molecule has 0 unspecified atom stereocenters. The summed E-state index contributed by atoms with van der Waals surface area (Å²) in [5.41, 5.74) is 5.40. The van der Waals surface area contributed by atoms with Gasteiger partial charge in [0.15, 0.2) is 9.84 Å². The van der Waals surface area contributed by atoms with Gasteiger partial charge in [-0.2, -0.15) is 0 Å². The maximum atomic E-state index is 11.3. The molecule has 1 aromatic rings. The van der Waals surface area contributed by atoms with Crippen LogP contribution in [0.2, 0.25) is 0 Å². The highest BCUT2D eigenvalue weighted by Crippen LogP contribution is 2.16. The zero-order chi connectivity index (χ0) is 13.4. The summed E-state index contributed by atoms with van der Waals surface area (Å²) in [4.78, 5) is 0.317. The van der Waals surface area contributed by atoms with Crippen molar-refractivity contribution in [2.45, 2.75) is 30.6 Å². The van der Waals surface area contributed by atoms with E-state index in [4.69, 9.17) is 10.5 Å². The molecule has 5 heteroatoms. The average molecular weight is 271 g/mol. The number of rotatable bonds is 8. The summed E-state index contributed by atoms with van der Waals surface area (Å²) >= 11 is 0. The van der Waals surface area contributed by atoms with Crippen molar-refractivity contribution >= 4 is 9.84 Å². The third kappa shape index (κ3) is 5.51. The normalized spacial score (nSPS) is 11.4. The topological polar surface area (TPSA) is 69.4 Å². The Labute approximate surface area is 109 Å². The molecule has 0 spiro atoms. The van der Waals surface area contributed by atoms with Crippen LogP contribution in [0, 0.1) is 0 Å². The highest BCUT2D eigenvalue weighted by molar-refractivity contribution is 7.90.